The van der Waals surface area contributed by atoms with Gasteiger partial charge in [0.2, 0.25) is 0 Å². The first-order valence-corrected chi connectivity index (χ1v) is 6.64. The van der Waals surface area contributed by atoms with Crippen LogP contribution >= 0.6 is 0 Å². The normalized spacial score (nSPS) is 34.0. The topological polar surface area (TPSA) is 29.3 Å². The van der Waals surface area contributed by atoms with Crippen LogP contribution in [0.4, 0.5) is 0 Å². The SMILES string of the molecule is CC(CN)(C1CC1)N1CC2(CCCC2)C1. The maximum Gasteiger partial charge on any atom is 0.0332 e. The lowest BCUT2D eigenvalue weighted by Crippen LogP contribution is -2.66. The van der Waals surface area contributed by atoms with Crippen LogP contribution in [0, 0.1) is 11.3 Å². The number of rotatable bonds is 3. The lowest BCUT2D eigenvalue weighted by atomic mass is 9.74. The molecule has 1 unspecified atom stereocenters. The van der Waals surface area contributed by atoms with E-state index in [0.717, 1.165) is 17.9 Å². The van der Waals surface area contributed by atoms with Crippen molar-refractivity contribution in [3.05, 3.63) is 0 Å². The van der Waals surface area contributed by atoms with Crippen LogP contribution in [0.5, 0.6) is 0 Å². The summed E-state index contributed by atoms with van der Waals surface area (Å²) in [5.41, 5.74) is 7.07. The van der Waals surface area contributed by atoms with E-state index in [-0.39, 0.29) is 0 Å². The van der Waals surface area contributed by atoms with Crippen LogP contribution in [0.2, 0.25) is 0 Å². The minimum atomic E-state index is 0.341. The molecular weight excluding hydrogens is 184 g/mol. The third-order valence-corrected chi connectivity index (χ3v) is 5.31. The van der Waals surface area contributed by atoms with Gasteiger partial charge in [0.1, 0.15) is 0 Å². The highest BCUT2D eigenvalue weighted by Gasteiger charge is 2.54. The molecule has 3 aliphatic rings. The third kappa shape index (κ3) is 1.45. The monoisotopic (exact) mass is 208 g/mol. The zero-order chi connectivity index (χ0) is 10.5. The Morgan fingerprint density at radius 2 is 1.87 bits per heavy atom. The van der Waals surface area contributed by atoms with Crippen molar-refractivity contribution in [2.45, 2.75) is 51.0 Å². The molecule has 1 aliphatic heterocycles. The predicted molar refractivity (Wildman–Crippen MR) is 62.7 cm³/mol. The average Bonchev–Trinajstić information content (AvgIpc) is 2.93. The van der Waals surface area contributed by atoms with Crippen LogP contribution in [0.15, 0.2) is 0 Å². The largest absolute Gasteiger partial charge is 0.329 e. The van der Waals surface area contributed by atoms with Crippen molar-refractivity contribution in [3.8, 4) is 0 Å². The molecule has 2 nitrogen and oxygen atoms in total. The smallest absolute Gasteiger partial charge is 0.0332 e. The van der Waals surface area contributed by atoms with E-state index in [4.69, 9.17) is 5.73 Å². The summed E-state index contributed by atoms with van der Waals surface area (Å²) in [6.07, 6.45) is 8.73. The van der Waals surface area contributed by atoms with Crippen LogP contribution in [-0.4, -0.2) is 30.1 Å². The van der Waals surface area contributed by atoms with Gasteiger partial charge >= 0.3 is 0 Å². The summed E-state index contributed by atoms with van der Waals surface area (Å²) in [5, 5.41) is 0. The predicted octanol–water partition coefficient (Wildman–Crippen LogP) is 1.99. The molecule has 15 heavy (non-hydrogen) atoms. The summed E-state index contributed by atoms with van der Waals surface area (Å²) in [6.45, 7) is 5.94. The van der Waals surface area contributed by atoms with E-state index in [0.29, 0.717) is 5.54 Å². The van der Waals surface area contributed by atoms with Crippen LogP contribution < -0.4 is 5.73 Å². The number of nitrogens with zero attached hydrogens (tertiary/aromatic N) is 1. The molecule has 2 N–H and O–H groups in total. The fourth-order valence-electron chi connectivity index (χ4n) is 3.83. The molecule has 2 saturated carbocycles. The quantitative estimate of drug-likeness (QED) is 0.768. The Bertz CT molecular complexity index is 245. The number of hydrogen-bond acceptors (Lipinski definition) is 2. The van der Waals surface area contributed by atoms with Gasteiger partial charge in [-0.2, -0.15) is 0 Å². The summed E-state index contributed by atoms with van der Waals surface area (Å²) in [7, 11) is 0. The minimum absolute atomic E-state index is 0.341. The van der Waals surface area contributed by atoms with Gasteiger partial charge < -0.3 is 5.73 Å². The van der Waals surface area contributed by atoms with Gasteiger partial charge in [0.25, 0.3) is 0 Å². The molecule has 0 radical (unpaired) electrons. The summed E-state index contributed by atoms with van der Waals surface area (Å²) in [4.78, 5) is 2.69. The van der Waals surface area contributed by atoms with Crippen molar-refractivity contribution in [1.29, 1.82) is 0 Å². The van der Waals surface area contributed by atoms with Crippen molar-refractivity contribution in [2.24, 2.45) is 17.1 Å². The first-order valence-electron chi connectivity index (χ1n) is 6.64. The van der Waals surface area contributed by atoms with Crippen molar-refractivity contribution >= 4 is 0 Å². The molecule has 2 heteroatoms. The van der Waals surface area contributed by atoms with Crippen molar-refractivity contribution in [2.75, 3.05) is 19.6 Å². The molecule has 3 rings (SSSR count). The molecule has 1 saturated heterocycles. The van der Waals surface area contributed by atoms with E-state index >= 15 is 0 Å². The van der Waals surface area contributed by atoms with E-state index in [1.165, 1.54) is 51.6 Å². The Kier molecular flexibility index (Phi) is 2.16. The molecule has 1 spiro atoms. The summed E-state index contributed by atoms with van der Waals surface area (Å²) in [6, 6.07) is 0. The van der Waals surface area contributed by atoms with E-state index in [1.807, 2.05) is 0 Å². The van der Waals surface area contributed by atoms with Gasteiger partial charge in [-0.15, -0.1) is 0 Å². The van der Waals surface area contributed by atoms with Gasteiger partial charge in [-0.1, -0.05) is 12.8 Å². The Labute approximate surface area is 93.2 Å². The van der Waals surface area contributed by atoms with Crippen LogP contribution in [0.3, 0.4) is 0 Å². The van der Waals surface area contributed by atoms with Gasteiger partial charge in [-0.3, -0.25) is 4.90 Å². The van der Waals surface area contributed by atoms with E-state index in [9.17, 15) is 0 Å². The first kappa shape index (κ1) is 10.1. The second kappa shape index (κ2) is 3.21. The van der Waals surface area contributed by atoms with Crippen molar-refractivity contribution < 1.29 is 0 Å². The zero-order valence-electron chi connectivity index (χ0n) is 9.97. The summed E-state index contributed by atoms with van der Waals surface area (Å²) < 4.78 is 0. The van der Waals surface area contributed by atoms with E-state index in [2.05, 4.69) is 11.8 Å². The number of likely N-dealkylation sites (tertiary alicyclic amines) is 1. The van der Waals surface area contributed by atoms with Gasteiger partial charge in [0.15, 0.2) is 0 Å². The third-order valence-electron chi connectivity index (χ3n) is 5.31. The molecule has 0 aromatic carbocycles. The molecule has 0 amide bonds. The summed E-state index contributed by atoms with van der Waals surface area (Å²) >= 11 is 0. The number of hydrogen-bond donors (Lipinski definition) is 1. The molecule has 1 heterocycles. The zero-order valence-corrected chi connectivity index (χ0v) is 9.97. The average molecular weight is 208 g/mol. The molecular formula is C13H24N2. The summed E-state index contributed by atoms with van der Waals surface area (Å²) in [5.74, 6) is 0.904. The Morgan fingerprint density at radius 1 is 1.27 bits per heavy atom. The fraction of sp³-hybridized carbons (Fsp3) is 1.00. The maximum absolute atomic E-state index is 6.00. The lowest BCUT2D eigenvalue weighted by Gasteiger charge is -2.56. The molecule has 3 fully saturated rings. The molecule has 1 atom stereocenters. The highest BCUT2D eigenvalue weighted by atomic mass is 15.3. The van der Waals surface area contributed by atoms with Crippen LogP contribution in [0.1, 0.15) is 45.4 Å². The van der Waals surface area contributed by atoms with Crippen molar-refractivity contribution in [3.63, 3.8) is 0 Å². The highest BCUT2D eigenvalue weighted by molar-refractivity contribution is 5.09. The Balaban J connectivity index is 1.65. The van der Waals surface area contributed by atoms with Crippen LogP contribution in [-0.2, 0) is 0 Å². The molecule has 0 bridgehead atoms. The second-order valence-corrected chi connectivity index (χ2v) is 6.40. The Morgan fingerprint density at radius 3 is 2.33 bits per heavy atom. The molecule has 2 aliphatic carbocycles. The lowest BCUT2D eigenvalue weighted by molar-refractivity contribution is -0.0743. The van der Waals surface area contributed by atoms with Gasteiger partial charge in [-0.25, -0.2) is 0 Å². The second-order valence-electron chi connectivity index (χ2n) is 6.40. The fourth-order valence-corrected chi connectivity index (χ4v) is 3.83. The standard InChI is InChI=1S/C13H24N2/c1-12(8-14,11-4-5-11)15-9-13(10-15)6-2-3-7-13/h11H,2-10,14H2,1H3. The van der Waals surface area contributed by atoms with Gasteiger partial charge in [-0.05, 0) is 43.9 Å². The number of nitrogens with two attached hydrogens (primary N) is 1. The van der Waals surface area contributed by atoms with Crippen molar-refractivity contribution in [1.82, 2.24) is 4.90 Å². The Hall–Kier alpha value is -0.0800. The molecule has 86 valence electrons. The molecule has 0 aromatic heterocycles. The minimum Gasteiger partial charge on any atom is -0.329 e. The molecule has 0 aromatic rings. The van der Waals surface area contributed by atoms with Crippen LogP contribution in [0.25, 0.3) is 0 Å². The van der Waals surface area contributed by atoms with E-state index < -0.39 is 0 Å². The van der Waals surface area contributed by atoms with Gasteiger partial charge in [0.05, 0.1) is 0 Å². The first-order chi connectivity index (χ1) is 7.19. The highest BCUT2D eigenvalue weighted by Crippen LogP contribution is 2.52. The van der Waals surface area contributed by atoms with Gasteiger partial charge in [0, 0.05) is 25.2 Å². The maximum atomic E-state index is 6.00. The van der Waals surface area contributed by atoms with E-state index in [1.54, 1.807) is 0 Å².